The molecule has 3 aromatic rings. The van der Waals surface area contributed by atoms with Crippen LogP contribution < -0.4 is 5.32 Å². The Hall–Kier alpha value is -2.07. The van der Waals surface area contributed by atoms with E-state index in [0.29, 0.717) is 17.3 Å². The van der Waals surface area contributed by atoms with Crippen molar-refractivity contribution >= 4 is 50.3 Å². The van der Waals surface area contributed by atoms with E-state index in [1.165, 1.54) is 31.3 Å². The van der Waals surface area contributed by atoms with Crippen LogP contribution in [0.15, 0.2) is 53.4 Å². The normalized spacial score (nSPS) is 12.9. The average Bonchev–Trinajstić information content (AvgIpc) is 3.15. The molecule has 3 rings (SSSR count). The van der Waals surface area contributed by atoms with E-state index in [-0.39, 0.29) is 17.5 Å². The average molecular weight is 467 g/mol. The zero-order valence-corrected chi connectivity index (χ0v) is 19.0. The smallest absolute Gasteiger partial charge is 0.243 e. The van der Waals surface area contributed by atoms with Crippen LogP contribution in [-0.2, 0) is 14.8 Å². The van der Waals surface area contributed by atoms with Gasteiger partial charge in [0.2, 0.25) is 15.9 Å². The molecule has 0 fully saturated rings. The third-order valence-electron chi connectivity index (χ3n) is 4.57. The van der Waals surface area contributed by atoms with Gasteiger partial charge in [0.25, 0.3) is 0 Å². The number of para-hydroxylation sites is 2. The maximum atomic E-state index is 12.7. The molecule has 0 aliphatic heterocycles. The Balaban J connectivity index is 1.72. The molecule has 30 heavy (non-hydrogen) atoms. The second-order valence-corrected chi connectivity index (χ2v) is 10.2. The summed E-state index contributed by atoms with van der Waals surface area (Å²) in [6.45, 7) is -0.305. The highest BCUT2D eigenvalue weighted by atomic mass is 35.5. The molecule has 0 bridgehead atoms. The van der Waals surface area contributed by atoms with Gasteiger partial charge in [-0.2, -0.15) is 16.1 Å². The zero-order valence-electron chi connectivity index (χ0n) is 16.6. The number of halogens is 1. The van der Waals surface area contributed by atoms with Crippen molar-refractivity contribution in [3.63, 3.8) is 0 Å². The Kier molecular flexibility index (Phi) is 7.41. The van der Waals surface area contributed by atoms with Crippen molar-refractivity contribution in [3.05, 3.63) is 59.4 Å². The summed E-state index contributed by atoms with van der Waals surface area (Å²) in [5, 5.41) is 3.36. The number of aromatic nitrogens is 2. The highest BCUT2D eigenvalue weighted by Gasteiger charge is 2.25. The number of benzene rings is 2. The van der Waals surface area contributed by atoms with E-state index in [2.05, 4.69) is 15.3 Å². The number of hydrogen-bond acceptors (Lipinski definition) is 5. The standard InChI is InChI=1S/C20H23ClN4O3S2/c1-25(30(27,28)15-9-7-14(21)8-10-15)13-19(26)22-18(11-12-29-2)20-23-16-5-3-4-6-17(16)24-20/h3-10,18H,11-13H2,1-2H3,(H,22,26)(H,23,24)/t18-/m0/s1. The number of thioether (sulfide) groups is 1. The van der Waals surface area contributed by atoms with Crippen molar-refractivity contribution in [1.82, 2.24) is 19.6 Å². The largest absolute Gasteiger partial charge is 0.345 e. The molecule has 0 spiro atoms. The predicted octanol–water partition coefficient (Wildman–Crippen LogP) is 3.45. The van der Waals surface area contributed by atoms with Crippen molar-refractivity contribution in [2.75, 3.05) is 25.6 Å². The van der Waals surface area contributed by atoms with E-state index in [4.69, 9.17) is 11.6 Å². The van der Waals surface area contributed by atoms with Gasteiger partial charge in [0.1, 0.15) is 5.82 Å². The fourth-order valence-electron chi connectivity index (χ4n) is 2.96. The van der Waals surface area contributed by atoms with E-state index in [0.717, 1.165) is 21.1 Å². The summed E-state index contributed by atoms with van der Waals surface area (Å²) in [5.74, 6) is 1.07. The number of fused-ring (bicyclic) bond motifs is 1. The minimum Gasteiger partial charge on any atom is -0.345 e. The van der Waals surface area contributed by atoms with Gasteiger partial charge in [0.05, 0.1) is 28.5 Å². The Morgan fingerprint density at radius 2 is 1.93 bits per heavy atom. The topological polar surface area (TPSA) is 95.2 Å². The third-order valence-corrected chi connectivity index (χ3v) is 7.29. The third kappa shape index (κ3) is 5.34. The molecule has 1 aromatic heterocycles. The number of aromatic amines is 1. The van der Waals surface area contributed by atoms with Crippen LogP contribution in [0, 0.1) is 0 Å². The van der Waals surface area contributed by atoms with Crippen LogP contribution in [0.2, 0.25) is 5.02 Å². The number of nitrogens with one attached hydrogen (secondary N) is 2. The molecule has 0 radical (unpaired) electrons. The van der Waals surface area contributed by atoms with Crippen LogP contribution in [0.4, 0.5) is 0 Å². The van der Waals surface area contributed by atoms with E-state index < -0.39 is 15.9 Å². The van der Waals surface area contributed by atoms with E-state index in [1.807, 2.05) is 30.5 Å². The lowest BCUT2D eigenvalue weighted by molar-refractivity contribution is -0.121. The second-order valence-electron chi connectivity index (χ2n) is 6.76. The number of sulfonamides is 1. The van der Waals surface area contributed by atoms with Gasteiger partial charge in [0.15, 0.2) is 0 Å². The van der Waals surface area contributed by atoms with Crippen LogP contribution in [-0.4, -0.2) is 54.2 Å². The van der Waals surface area contributed by atoms with Gasteiger partial charge in [-0.1, -0.05) is 23.7 Å². The van der Waals surface area contributed by atoms with Gasteiger partial charge < -0.3 is 10.3 Å². The molecule has 2 aromatic carbocycles. The van der Waals surface area contributed by atoms with Gasteiger partial charge in [-0.3, -0.25) is 4.79 Å². The van der Waals surface area contributed by atoms with Gasteiger partial charge in [-0.05, 0) is 54.8 Å². The SMILES string of the molecule is CSCC[C@H](NC(=O)CN(C)S(=O)(=O)c1ccc(Cl)cc1)c1nc2ccccc2[nH]1. The number of rotatable bonds is 9. The predicted molar refractivity (Wildman–Crippen MR) is 121 cm³/mol. The summed E-state index contributed by atoms with van der Waals surface area (Å²) in [7, 11) is -2.43. The summed E-state index contributed by atoms with van der Waals surface area (Å²) >= 11 is 7.49. The first-order valence-electron chi connectivity index (χ1n) is 9.26. The first-order valence-corrected chi connectivity index (χ1v) is 12.5. The number of H-pyrrole nitrogens is 1. The Morgan fingerprint density at radius 3 is 2.60 bits per heavy atom. The molecule has 0 saturated heterocycles. The van der Waals surface area contributed by atoms with Gasteiger partial charge in [0, 0.05) is 12.1 Å². The molecular formula is C20H23ClN4O3S2. The van der Waals surface area contributed by atoms with Crippen molar-refractivity contribution < 1.29 is 13.2 Å². The molecule has 0 aliphatic carbocycles. The number of amides is 1. The second kappa shape index (κ2) is 9.82. The van der Waals surface area contributed by atoms with Crippen molar-refractivity contribution in [3.8, 4) is 0 Å². The molecule has 10 heteroatoms. The Labute approximate surface area is 185 Å². The van der Waals surface area contributed by atoms with Crippen molar-refractivity contribution in [1.29, 1.82) is 0 Å². The lowest BCUT2D eigenvalue weighted by atomic mass is 10.2. The van der Waals surface area contributed by atoms with E-state index >= 15 is 0 Å². The van der Waals surface area contributed by atoms with Crippen molar-refractivity contribution in [2.24, 2.45) is 0 Å². The van der Waals surface area contributed by atoms with Gasteiger partial charge in [-0.25, -0.2) is 13.4 Å². The molecule has 1 atom stereocenters. The maximum Gasteiger partial charge on any atom is 0.243 e. The van der Waals surface area contributed by atoms with E-state index in [1.54, 1.807) is 11.8 Å². The Bertz CT molecular complexity index is 1080. The number of nitrogens with zero attached hydrogens (tertiary/aromatic N) is 2. The van der Waals surface area contributed by atoms with Gasteiger partial charge in [-0.15, -0.1) is 0 Å². The highest BCUT2D eigenvalue weighted by molar-refractivity contribution is 7.98. The summed E-state index contributed by atoms with van der Waals surface area (Å²) in [6.07, 6.45) is 2.66. The molecule has 0 saturated carbocycles. The molecule has 0 unspecified atom stereocenters. The number of imidazole rings is 1. The van der Waals surface area contributed by atoms with Crippen LogP contribution in [0.3, 0.4) is 0 Å². The van der Waals surface area contributed by atoms with Gasteiger partial charge >= 0.3 is 0 Å². The van der Waals surface area contributed by atoms with Crippen LogP contribution in [0.25, 0.3) is 11.0 Å². The van der Waals surface area contributed by atoms with Crippen molar-refractivity contribution in [2.45, 2.75) is 17.4 Å². The summed E-state index contributed by atoms with van der Waals surface area (Å²) < 4.78 is 26.4. The van der Waals surface area contributed by atoms with Crippen LogP contribution in [0.1, 0.15) is 18.3 Å². The molecule has 0 aliphatic rings. The number of carbonyl (C=O) groups excluding carboxylic acids is 1. The minimum atomic E-state index is -3.80. The summed E-state index contributed by atoms with van der Waals surface area (Å²) in [6, 6.07) is 13.1. The molecule has 7 nitrogen and oxygen atoms in total. The summed E-state index contributed by atoms with van der Waals surface area (Å²) in [5.41, 5.74) is 1.71. The molecule has 160 valence electrons. The van der Waals surface area contributed by atoms with Crippen LogP contribution in [0.5, 0.6) is 0 Å². The first-order chi connectivity index (χ1) is 14.3. The number of likely N-dealkylation sites (N-methyl/N-ethyl adjacent to an activating group) is 1. The fraction of sp³-hybridized carbons (Fsp3) is 0.300. The number of carbonyl (C=O) groups is 1. The molecule has 1 amide bonds. The monoisotopic (exact) mass is 466 g/mol. The Morgan fingerprint density at radius 1 is 1.23 bits per heavy atom. The van der Waals surface area contributed by atoms with Crippen LogP contribution >= 0.6 is 23.4 Å². The lowest BCUT2D eigenvalue weighted by Crippen LogP contribution is -2.40. The zero-order chi connectivity index (χ0) is 21.7. The molecule has 1 heterocycles. The fourth-order valence-corrected chi connectivity index (χ4v) is 4.69. The van der Waals surface area contributed by atoms with E-state index in [9.17, 15) is 13.2 Å². The maximum absolute atomic E-state index is 12.7. The molecule has 2 N–H and O–H groups in total. The first kappa shape index (κ1) is 22.6. The highest BCUT2D eigenvalue weighted by Crippen LogP contribution is 2.21. The molecular weight excluding hydrogens is 444 g/mol. The minimum absolute atomic E-state index is 0.0819. The lowest BCUT2D eigenvalue weighted by Gasteiger charge is -2.20. The summed E-state index contributed by atoms with van der Waals surface area (Å²) in [4.78, 5) is 20.6. The number of hydrogen-bond donors (Lipinski definition) is 2. The quantitative estimate of drug-likeness (QED) is 0.503.